The molecule has 2 heterocycles. The molecule has 0 saturated carbocycles. The van der Waals surface area contributed by atoms with Crippen molar-refractivity contribution in [2.24, 2.45) is 0 Å². The van der Waals surface area contributed by atoms with Crippen LogP contribution in [0.25, 0.3) is 0 Å². The maximum atomic E-state index is 13.2. The molecule has 1 amide bonds. The minimum absolute atomic E-state index is 0.0953. The summed E-state index contributed by atoms with van der Waals surface area (Å²) in [6, 6.07) is 4.48. The number of nitrogens with zero attached hydrogens (tertiary/aromatic N) is 2. The molecule has 0 unspecified atom stereocenters. The summed E-state index contributed by atoms with van der Waals surface area (Å²) in [6.45, 7) is 0. The smallest absolute Gasteiger partial charge is 0.255 e. The molecule has 86 valence electrons. The molecule has 2 aromatic rings. The molecule has 0 aliphatic rings. The van der Waals surface area contributed by atoms with Crippen molar-refractivity contribution in [3.63, 3.8) is 0 Å². The molecule has 0 aliphatic carbocycles. The fourth-order valence-electron chi connectivity index (χ4n) is 1.21. The summed E-state index contributed by atoms with van der Waals surface area (Å²) in [6.07, 6.45) is 3.93. The maximum absolute atomic E-state index is 13.2. The van der Waals surface area contributed by atoms with Crippen LogP contribution in [0.1, 0.15) is 10.4 Å². The van der Waals surface area contributed by atoms with Crippen molar-refractivity contribution in [1.82, 2.24) is 9.97 Å². The number of nitrogens with one attached hydrogen (secondary N) is 1. The standard InChI is InChI=1S/C11H7BrFN3O/c12-10-5-7(1-4-15-10)11(17)16-9-2-3-14-6-8(9)13/h1-6H,(H,14,16,17). The lowest BCUT2D eigenvalue weighted by Crippen LogP contribution is -2.13. The zero-order valence-electron chi connectivity index (χ0n) is 8.52. The molecule has 17 heavy (non-hydrogen) atoms. The Hall–Kier alpha value is -1.82. The quantitative estimate of drug-likeness (QED) is 0.867. The molecule has 0 saturated heterocycles. The van der Waals surface area contributed by atoms with Crippen LogP contribution in [0.15, 0.2) is 41.4 Å². The third kappa shape index (κ3) is 2.85. The molecule has 0 radical (unpaired) electrons. The number of carbonyl (C=O) groups excluding carboxylic acids is 1. The minimum Gasteiger partial charge on any atom is -0.319 e. The van der Waals surface area contributed by atoms with Crippen molar-refractivity contribution in [3.8, 4) is 0 Å². The molecular weight excluding hydrogens is 289 g/mol. The van der Waals surface area contributed by atoms with Crippen molar-refractivity contribution in [1.29, 1.82) is 0 Å². The summed E-state index contributed by atoms with van der Waals surface area (Å²) >= 11 is 3.16. The van der Waals surface area contributed by atoms with Gasteiger partial charge in [0.2, 0.25) is 0 Å². The average Bonchev–Trinajstić information content (AvgIpc) is 2.32. The SMILES string of the molecule is O=C(Nc1ccncc1F)c1ccnc(Br)c1. The topological polar surface area (TPSA) is 54.9 Å². The van der Waals surface area contributed by atoms with Gasteiger partial charge < -0.3 is 5.32 Å². The number of aromatic nitrogens is 2. The third-order valence-electron chi connectivity index (χ3n) is 2.01. The third-order valence-corrected chi connectivity index (χ3v) is 2.44. The predicted molar refractivity (Wildman–Crippen MR) is 64.1 cm³/mol. The van der Waals surface area contributed by atoms with Crippen LogP contribution >= 0.6 is 15.9 Å². The van der Waals surface area contributed by atoms with Gasteiger partial charge in [-0.15, -0.1) is 0 Å². The van der Waals surface area contributed by atoms with E-state index in [4.69, 9.17) is 0 Å². The van der Waals surface area contributed by atoms with Gasteiger partial charge in [0, 0.05) is 18.0 Å². The van der Waals surface area contributed by atoms with E-state index < -0.39 is 11.7 Å². The van der Waals surface area contributed by atoms with Gasteiger partial charge >= 0.3 is 0 Å². The largest absolute Gasteiger partial charge is 0.319 e. The van der Waals surface area contributed by atoms with Crippen molar-refractivity contribution in [2.45, 2.75) is 0 Å². The first-order chi connectivity index (χ1) is 8.16. The molecule has 0 aliphatic heterocycles. The molecule has 0 aromatic carbocycles. The number of carbonyl (C=O) groups is 1. The van der Waals surface area contributed by atoms with Crippen molar-refractivity contribution in [3.05, 3.63) is 52.8 Å². The van der Waals surface area contributed by atoms with Gasteiger partial charge in [0.15, 0.2) is 5.82 Å². The lowest BCUT2D eigenvalue weighted by atomic mass is 10.2. The van der Waals surface area contributed by atoms with Gasteiger partial charge in [-0.1, -0.05) is 0 Å². The number of pyridine rings is 2. The van der Waals surface area contributed by atoms with E-state index in [0.29, 0.717) is 10.2 Å². The first kappa shape index (κ1) is 11.7. The van der Waals surface area contributed by atoms with Crippen LogP contribution in [-0.4, -0.2) is 15.9 Å². The number of hydrogen-bond acceptors (Lipinski definition) is 3. The fourth-order valence-corrected chi connectivity index (χ4v) is 1.58. The van der Waals surface area contributed by atoms with E-state index in [1.165, 1.54) is 18.5 Å². The summed E-state index contributed by atoms with van der Waals surface area (Å²) in [5.74, 6) is -0.979. The van der Waals surface area contributed by atoms with E-state index >= 15 is 0 Å². The van der Waals surface area contributed by atoms with E-state index in [9.17, 15) is 9.18 Å². The number of anilines is 1. The van der Waals surface area contributed by atoms with Crippen molar-refractivity contribution in [2.75, 3.05) is 5.32 Å². The highest BCUT2D eigenvalue weighted by Crippen LogP contribution is 2.14. The van der Waals surface area contributed by atoms with Crippen molar-refractivity contribution >= 4 is 27.5 Å². The lowest BCUT2D eigenvalue weighted by Gasteiger charge is -2.05. The van der Waals surface area contributed by atoms with Gasteiger partial charge in [-0.3, -0.25) is 9.78 Å². The van der Waals surface area contributed by atoms with E-state index in [0.717, 1.165) is 6.20 Å². The summed E-state index contributed by atoms with van der Waals surface area (Å²) in [5, 5.41) is 2.45. The highest BCUT2D eigenvalue weighted by molar-refractivity contribution is 9.10. The Bertz CT molecular complexity index is 562. The van der Waals surface area contributed by atoms with Crippen LogP contribution in [0.2, 0.25) is 0 Å². The first-order valence-electron chi connectivity index (χ1n) is 4.69. The number of hydrogen-bond donors (Lipinski definition) is 1. The molecule has 0 spiro atoms. The Labute approximate surface area is 105 Å². The van der Waals surface area contributed by atoms with Gasteiger partial charge in [-0.05, 0) is 34.1 Å². The van der Waals surface area contributed by atoms with E-state index in [-0.39, 0.29) is 5.69 Å². The Balaban J connectivity index is 2.20. The van der Waals surface area contributed by atoms with Gasteiger partial charge in [0.25, 0.3) is 5.91 Å². The number of halogens is 2. The zero-order valence-corrected chi connectivity index (χ0v) is 10.1. The zero-order chi connectivity index (χ0) is 12.3. The Morgan fingerprint density at radius 1 is 1.35 bits per heavy atom. The molecule has 6 heteroatoms. The Kier molecular flexibility index (Phi) is 3.43. The van der Waals surface area contributed by atoms with Gasteiger partial charge in [-0.25, -0.2) is 9.37 Å². The highest BCUT2D eigenvalue weighted by atomic mass is 79.9. The molecule has 0 fully saturated rings. The van der Waals surface area contributed by atoms with Crippen LogP contribution in [0.3, 0.4) is 0 Å². The molecule has 4 nitrogen and oxygen atoms in total. The minimum atomic E-state index is -0.575. The predicted octanol–water partition coefficient (Wildman–Crippen LogP) is 2.63. The van der Waals surface area contributed by atoms with Crippen LogP contribution in [-0.2, 0) is 0 Å². The first-order valence-corrected chi connectivity index (χ1v) is 5.48. The van der Waals surface area contributed by atoms with E-state index in [1.807, 2.05) is 0 Å². The highest BCUT2D eigenvalue weighted by Gasteiger charge is 2.09. The second kappa shape index (κ2) is 5.01. The second-order valence-corrected chi connectivity index (χ2v) is 3.99. The summed E-state index contributed by atoms with van der Waals surface area (Å²) in [7, 11) is 0. The van der Waals surface area contributed by atoms with Crippen LogP contribution in [0, 0.1) is 5.82 Å². The monoisotopic (exact) mass is 295 g/mol. The van der Waals surface area contributed by atoms with E-state index in [2.05, 4.69) is 31.2 Å². The van der Waals surface area contributed by atoms with Gasteiger partial charge in [0.05, 0.1) is 11.9 Å². The molecule has 0 bridgehead atoms. The molecular formula is C11H7BrFN3O. The maximum Gasteiger partial charge on any atom is 0.255 e. The summed E-state index contributed by atoms with van der Waals surface area (Å²) in [4.78, 5) is 19.3. The lowest BCUT2D eigenvalue weighted by molar-refractivity contribution is 0.102. The van der Waals surface area contributed by atoms with Crippen LogP contribution in [0.4, 0.5) is 10.1 Å². The normalized spacial score (nSPS) is 10.0. The summed E-state index contributed by atoms with van der Waals surface area (Å²) in [5.41, 5.74) is 0.487. The number of amides is 1. The number of rotatable bonds is 2. The Morgan fingerprint density at radius 2 is 2.18 bits per heavy atom. The van der Waals surface area contributed by atoms with Gasteiger partial charge in [-0.2, -0.15) is 0 Å². The molecule has 1 N–H and O–H groups in total. The molecule has 2 rings (SSSR count). The van der Waals surface area contributed by atoms with Gasteiger partial charge in [0.1, 0.15) is 4.60 Å². The Morgan fingerprint density at radius 3 is 2.88 bits per heavy atom. The molecule has 2 aromatic heterocycles. The van der Waals surface area contributed by atoms with Crippen LogP contribution in [0.5, 0.6) is 0 Å². The summed E-state index contributed by atoms with van der Waals surface area (Å²) < 4.78 is 13.8. The van der Waals surface area contributed by atoms with E-state index in [1.54, 1.807) is 12.1 Å². The second-order valence-electron chi connectivity index (χ2n) is 3.18. The fraction of sp³-hybridized carbons (Fsp3) is 0. The average molecular weight is 296 g/mol. The van der Waals surface area contributed by atoms with Crippen molar-refractivity contribution < 1.29 is 9.18 Å². The van der Waals surface area contributed by atoms with Crippen LogP contribution < -0.4 is 5.32 Å². The molecule has 0 atom stereocenters.